The monoisotopic (exact) mass is 491 g/mol. The largest absolute Gasteiger partial charge is 0.444 e. The third-order valence-electron chi connectivity index (χ3n) is 5.05. The molecule has 3 atom stereocenters. The van der Waals surface area contributed by atoms with Gasteiger partial charge in [-0.05, 0) is 57.7 Å². The van der Waals surface area contributed by atoms with E-state index >= 15 is 0 Å². The Morgan fingerprint density at radius 1 is 1.18 bits per heavy atom. The van der Waals surface area contributed by atoms with Gasteiger partial charge in [0, 0.05) is 18.3 Å². The van der Waals surface area contributed by atoms with E-state index in [1.807, 2.05) is 38.1 Å². The molecule has 1 aromatic rings. The lowest BCUT2D eigenvalue weighted by molar-refractivity contribution is -0.142. The topological polar surface area (TPSA) is 87.7 Å². The predicted molar refractivity (Wildman–Crippen MR) is 141 cm³/mol. The Hall–Kier alpha value is -2.48. The highest BCUT2D eigenvalue weighted by Crippen LogP contribution is 2.25. The van der Waals surface area contributed by atoms with Crippen LogP contribution in [0.25, 0.3) is 6.08 Å². The quantitative estimate of drug-likeness (QED) is 0.369. The van der Waals surface area contributed by atoms with Gasteiger partial charge in [-0.3, -0.25) is 9.59 Å². The van der Waals surface area contributed by atoms with Crippen LogP contribution in [0, 0.1) is 0 Å². The van der Waals surface area contributed by atoms with Crippen LogP contribution >= 0.6 is 12.6 Å². The first-order chi connectivity index (χ1) is 16.0. The number of benzene rings is 1. The Balaban J connectivity index is 3.37. The van der Waals surface area contributed by atoms with Crippen LogP contribution in [0.2, 0.25) is 0 Å². The van der Waals surface area contributed by atoms with E-state index in [1.54, 1.807) is 26.8 Å². The average Bonchev–Trinajstić information content (AvgIpc) is 2.75. The SMILES string of the molecule is C=Cc1cccc(C(C(=O)NC(C)CCC)N(CCC)C(=O)C(CS)NC(=O)OC(C)(C)C)c1. The highest BCUT2D eigenvalue weighted by molar-refractivity contribution is 7.80. The van der Waals surface area contributed by atoms with Gasteiger partial charge in [-0.15, -0.1) is 0 Å². The lowest BCUT2D eigenvalue weighted by Crippen LogP contribution is -2.54. The molecule has 0 aromatic heterocycles. The first-order valence-corrected chi connectivity index (χ1v) is 12.5. The van der Waals surface area contributed by atoms with Crippen LogP contribution in [0.3, 0.4) is 0 Å². The molecule has 1 rings (SSSR count). The lowest BCUT2D eigenvalue weighted by atomic mass is 9.99. The zero-order chi connectivity index (χ0) is 25.9. The van der Waals surface area contributed by atoms with E-state index in [-0.39, 0.29) is 17.7 Å². The second-order valence-electron chi connectivity index (χ2n) is 9.39. The van der Waals surface area contributed by atoms with Gasteiger partial charge in [-0.1, -0.05) is 51.1 Å². The van der Waals surface area contributed by atoms with Crippen molar-refractivity contribution >= 4 is 36.6 Å². The maximum Gasteiger partial charge on any atom is 0.408 e. The zero-order valence-electron chi connectivity index (χ0n) is 21.4. The molecule has 7 nitrogen and oxygen atoms in total. The standard InChI is InChI=1S/C26H41N3O4S/c1-8-12-18(4)27-23(30)22(20-14-11-13-19(10-3)16-20)29(15-9-2)24(31)21(17-34)28-25(32)33-26(5,6)7/h10-11,13-14,16,18,21-22,34H,3,8-9,12,15,17H2,1-2,4-7H3,(H,27,30)(H,28,32). The van der Waals surface area contributed by atoms with Crippen molar-refractivity contribution in [3.63, 3.8) is 0 Å². The van der Waals surface area contributed by atoms with Gasteiger partial charge >= 0.3 is 6.09 Å². The Labute approximate surface area is 210 Å². The molecule has 0 radical (unpaired) electrons. The molecule has 0 heterocycles. The molecule has 34 heavy (non-hydrogen) atoms. The van der Waals surface area contributed by atoms with Gasteiger partial charge in [-0.25, -0.2) is 4.79 Å². The molecule has 0 fully saturated rings. The molecule has 0 bridgehead atoms. The van der Waals surface area contributed by atoms with Gasteiger partial charge in [0.05, 0.1) is 0 Å². The Morgan fingerprint density at radius 3 is 2.38 bits per heavy atom. The second-order valence-corrected chi connectivity index (χ2v) is 9.75. The second kappa shape index (κ2) is 14.0. The molecule has 0 aliphatic carbocycles. The van der Waals surface area contributed by atoms with E-state index in [2.05, 4.69) is 36.8 Å². The number of thiol groups is 1. The van der Waals surface area contributed by atoms with Crippen molar-refractivity contribution in [3.05, 3.63) is 42.0 Å². The number of ether oxygens (including phenoxy) is 1. The predicted octanol–water partition coefficient (Wildman–Crippen LogP) is 4.74. The summed E-state index contributed by atoms with van der Waals surface area (Å²) < 4.78 is 5.32. The number of hydrogen-bond acceptors (Lipinski definition) is 5. The van der Waals surface area contributed by atoms with Gasteiger partial charge < -0.3 is 20.3 Å². The first kappa shape index (κ1) is 29.6. The van der Waals surface area contributed by atoms with Gasteiger partial charge in [0.1, 0.15) is 17.7 Å². The number of amides is 3. The summed E-state index contributed by atoms with van der Waals surface area (Å²) in [5, 5.41) is 5.66. The Kier molecular flexibility index (Phi) is 12.2. The van der Waals surface area contributed by atoms with E-state index < -0.39 is 29.7 Å². The van der Waals surface area contributed by atoms with E-state index in [4.69, 9.17) is 4.74 Å². The Morgan fingerprint density at radius 2 is 1.85 bits per heavy atom. The van der Waals surface area contributed by atoms with Crippen molar-refractivity contribution in [2.75, 3.05) is 12.3 Å². The number of hydrogen-bond donors (Lipinski definition) is 3. The molecule has 3 unspecified atom stereocenters. The number of rotatable bonds is 12. The van der Waals surface area contributed by atoms with Gasteiger partial charge in [0.2, 0.25) is 11.8 Å². The summed E-state index contributed by atoms with van der Waals surface area (Å²) in [4.78, 5) is 41.0. The molecule has 8 heteroatoms. The van der Waals surface area contributed by atoms with Gasteiger partial charge in [-0.2, -0.15) is 12.6 Å². The molecule has 0 aliphatic rings. The molecular formula is C26H41N3O4S. The minimum absolute atomic E-state index is 0.0401. The lowest BCUT2D eigenvalue weighted by Gasteiger charge is -2.34. The third kappa shape index (κ3) is 9.41. The molecular weight excluding hydrogens is 450 g/mol. The molecule has 0 spiro atoms. The highest BCUT2D eigenvalue weighted by atomic mass is 32.1. The fraction of sp³-hybridized carbons (Fsp3) is 0.577. The third-order valence-corrected chi connectivity index (χ3v) is 5.42. The van der Waals surface area contributed by atoms with Crippen LogP contribution in [0.5, 0.6) is 0 Å². The van der Waals surface area contributed by atoms with Crippen molar-refractivity contribution in [3.8, 4) is 0 Å². The summed E-state index contributed by atoms with van der Waals surface area (Å²) in [6, 6.07) is 5.55. The van der Waals surface area contributed by atoms with Crippen molar-refractivity contribution in [2.24, 2.45) is 0 Å². The van der Waals surface area contributed by atoms with Crippen molar-refractivity contribution in [1.82, 2.24) is 15.5 Å². The molecule has 0 saturated carbocycles. The summed E-state index contributed by atoms with van der Waals surface area (Å²) in [6.07, 6.45) is 3.38. The van der Waals surface area contributed by atoms with Crippen LogP contribution in [0.15, 0.2) is 30.8 Å². The van der Waals surface area contributed by atoms with Crippen molar-refractivity contribution in [2.45, 2.75) is 84.5 Å². The van der Waals surface area contributed by atoms with Crippen molar-refractivity contribution < 1.29 is 19.1 Å². The van der Waals surface area contributed by atoms with Gasteiger partial charge in [0.15, 0.2) is 0 Å². The molecule has 2 N–H and O–H groups in total. The van der Waals surface area contributed by atoms with Crippen LogP contribution < -0.4 is 10.6 Å². The van der Waals surface area contributed by atoms with E-state index in [1.165, 1.54) is 4.90 Å². The highest BCUT2D eigenvalue weighted by Gasteiger charge is 2.35. The number of alkyl carbamates (subject to hydrolysis) is 1. The molecule has 1 aromatic carbocycles. The normalized spacial score (nSPS) is 13.9. The summed E-state index contributed by atoms with van der Waals surface area (Å²) in [7, 11) is 0. The van der Waals surface area contributed by atoms with Gasteiger partial charge in [0.25, 0.3) is 0 Å². The molecule has 3 amide bonds. The maximum absolute atomic E-state index is 13.7. The summed E-state index contributed by atoms with van der Waals surface area (Å²) in [5.74, 6) is -0.597. The van der Waals surface area contributed by atoms with Crippen LogP contribution in [0.1, 0.15) is 78.0 Å². The van der Waals surface area contributed by atoms with Crippen LogP contribution in [-0.2, 0) is 14.3 Å². The number of nitrogens with zero attached hydrogens (tertiary/aromatic N) is 1. The summed E-state index contributed by atoms with van der Waals surface area (Å²) in [5.41, 5.74) is 0.814. The van der Waals surface area contributed by atoms with Crippen molar-refractivity contribution in [1.29, 1.82) is 0 Å². The minimum atomic E-state index is -0.948. The minimum Gasteiger partial charge on any atom is -0.444 e. The number of nitrogens with one attached hydrogen (secondary N) is 2. The fourth-order valence-corrected chi connectivity index (χ4v) is 3.85. The molecule has 0 saturated heterocycles. The maximum atomic E-state index is 13.7. The van der Waals surface area contributed by atoms with E-state index in [0.29, 0.717) is 18.5 Å². The summed E-state index contributed by atoms with van der Waals surface area (Å²) in [6.45, 7) is 15.3. The smallest absolute Gasteiger partial charge is 0.408 e. The average molecular weight is 492 g/mol. The molecule has 190 valence electrons. The number of carbonyl (C=O) groups excluding carboxylic acids is 3. The summed E-state index contributed by atoms with van der Waals surface area (Å²) >= 11 is 4.29. The first-order valence-electron chi connectivity index (χ1n) is 11.9. The fourth-order valence-electron chi connectivity index (χ4n) is 3.60. The van der Waals surface area contributed by atoms with E-state index in [0.717, 1.165) is 18.4 Å². The van der Waals surface area contributed by atoms with Crippen LogP contribution in [-0.4, -0.2) is 52.8 Å². The van der Waals surface area contributed by atoms with E-state index in [9.17, 15) is 14.4 Å². The molecule has 0 aliphatic heterocycles. The van der Waals surface area contributed by atoms with Crippen LogP contribution in [0.4, 0.5) is 4.79 Å². The zero-order valence-corrected chi connectivity index (χ0v) is 22.3. The Bertz CT molecular complexity index is 838. The number of carbonyl (C=O) groups is 3.